The summed E-state index contributed by atoms with van der Waals surface area (Å²) in [4.78, 5) is 15.2. The lowest BCUT2D eigenvalue weighted by Crippen LogP contribution is -2.47. The number of rotatable bonds is 9. The topological polar surface area (TPSA) is 69.7 Å². The normalized spacial score (nSPS) is 15.6. The van der Waals surface area contributed by atoms with Crippen molar-refractivity contribution in [1.29, 1.82) is 0 Å². The van der Waals surface area contributed by atoms with E-state index in [1.807, 2.05) is 31.2 Å². The summed E-state index contributed by atoms with van der Waals surface area (Å²) >= 11 is 0. The standard InChI is InChI=1S/C24H33N3O3S/c1-4-20-11-13-23(14-12-20)27(31(3,29)30)19(2)24(28)25-17-21-7-9-22(10-8-21)18-26-15-5-6-16-26/h7-14,19H,4-6,15-18H2,1-3H3,(H,25,28)/t19-/m0/s1. The molecule has 0 saturated carbocycles. The van der Waals surface area contributed by atoms with E-state index in [2.05, 4.69) is 22.3 Å². The molecular weight excluding hydrogens is 410 g/mol. The lowest BCUT2D eigenvalue weighted by atomic mass is 10.1. The molecule has 1 amide bonds. The Kier molecular flexibility index (Phi) is 7.73. The number of likely N-dealkylation sites (tertiary alicyclic amines) is 1. The van der Waals surface area contributed by atoms with Crippen molar-refractivity contribution in [1.82, 2.24) is 10.2 Å². The number of carbonyl (C=O) groups excluding carboxylic acids is 1. The Morgan fingerprint density at radius 1 is 1.00 bits per heavy atom. The number of nitrogens with one attached hydrogen (secondary N) is 1. The molecule has 1 fully saturated rings. The predicted molar refractivity (Wildman–Crippen MR) is 125 cm³/mol. The number of carbonyl (C=O) groups is 1. The fourth-order valence-electron chi connectivity index (χ4n) is 3.99. The first-order valence-electron chi connectivity index (χ1n) is 10.9. The monoisotopic (exact) mass is 443 g/mol. The van der Waals surface area contributed by atoms with Crippen LogP contribution in [0.5, 0.6) is 0 Å². The molecule has 7 heteroatoms. The van der Waals surface area contributed by atoms with Crippen LogP contribution in [0.4, 0.5) is 5.69 Å². The van der Waals surface area contributed by atoms with Crippen LogP contribution in [0.15, 0.2) is 48.5 Å². The molecule has 0 bridgehead atoms. The Bertz CT molecular complexity index is 966. The molecule has 3 rings (SSSR count). The molecular formula is C24H33N3O3S. The molecule has 1 N–H and O–H groups in total. The first-order chi connectivity index (χ1) is 14.8. The maximum atomic E-state index is 12.8. The van der Waals surface area contributed by atoms with E-state index in [4.69, 9.17) is 0 Å². The molecule has 2 aromatic carbocycles. The Balaban J connectivity index is 1.62. The third kappa shape index (κ3) is 6.31. The number of hydrogen-bond donors (Lipinski definition) is 1. The van der Waals surface area contributed by atoms with Crippen molar-refractivity contribution < 1.29 is 13.2 Å². The number of nitrogens with zero attached hydrogens (tertiary/aromatic N) is 2. The van der Waals surface area contributed by atoms with Gasteiger partial charge in [0.15, 0.2) is 0 Å². The Labute approximate surface area is 186 Å². The van der Waals surface area contributed by atoms with Crippen molar-refractivity contribution in [2.24, 2.45) is 0 Å². The van der Waals surface area contributed by atoms with Crippen molar-refractivity contribution in [3.8, 4) is 0 Å². The molecule has 6 nitrogen and oxygen atoms in total. The first kappa shape index (κ1) is 23.3. The summed E-state index contributed by atoms with van der Waals surface area (Å²) in [7, 11) is -3.61. The van der Waals surface area contributed by atoms with E-state index < -0.39 is 16.1 Å². The second-order valence-corrected chi connectivity index (χ2v) is 10.1. The van der Waals surface area contributed by atoms with E-state index in [9.17, 15) is 13.2 Å². The van der Waals surface area contributed by atoms with Crippen molar-refractivity contribution in [3.63, 3.8) is 0 Å². The van der Waals surface area contributed by atoms with Gasteiger partial charge in [0.1, 0.15) is 6.04 Å². The summed E-state index contributed by atoms with van der Waals surface area (Å²) in [5.41, 5.74) is 3.86. The number of sulfonamides is 1. The SMILES string of the molecule is CCc1ccc(N([C@@H](C)C(=O)NCc2ccc(CN3CCCC3)cc2)S(C)(=O)=O)cc1. The maximum absolute atomic E-state index is 12.8. The van der Waals surface area contributed by atoms with Gasteiger partial charge in [0.2, 0.25) is 15.9 Å². The van der Waals surface area contributed by atoms with E-state index in [1.54, 1.807) is 19.1 Å². The highest BCUT2D eigenvalue weighted by atomic mass is 32.2. The zero-order chi connectivity index (χ0) is 22.4. The third-order valence-corrected chi connectivity index (χ3v) is 7.02. The molecule has 168 valence electrons. The molecule has 1 aliphatic heterocycles. The largest absolute Gasteiger partial charge is 0.350 e. The van der Waals surface area contributed by atoms with Crippen molar-refractivity contribution >= 4 is 21.6 Å². The average molecular weight is 444 g/mol. The van der Waals surface area contributed by atoms with Crippen LogP contribution in [0.3, 0.4) is 0 Å². The summed E-state index contributed by atoms with van der Waals surface area (Å²) in [5, 5.41) is 2.88. The highest BCUT2D eigenvalue weighted by Gasteiger charge is 2.28. The molecule has 0 spiro atoms. The Morgan fingerprint density at radius 2 is 1.55 bits per heavy atom. The lowest BCUT2D eigenvalue weighted by molar-refractivity contribution is -0.122. The van der Waals surface area contributed by atoms with Crippen molar-refractivity contribution in [3.05, 3.63) is 65.2 Å². The maximum Gasteiger partial charge on any atom is 0.243 e. The second-order valence-electron chi connectivity index (χ2n) is 8.27. The van der Waals surface area contributed by atoms with Crippen LogP contribution in [-0.2, 0) is 34.3 Å². The number of hydrogen-bond acceptors (Lipinski definition) is 4. The summed E-state index contributed by atoms with van der Waals surface area (Å²) in [6, 6.07) is 14.7. The van der Waals surface area contributed by atoms with Crippen LogP contribution in [0, 0.1) is 0 Å². The molecule has 2 aromatic rings. The predicted octanol–water partition coefficient (Wildman–Crippen LogP) is 3.32. The molecule has 0 radical (unpaired) electrons. The summed E-state index contributed by atoms with van der Waals surface area (Å²) in [5.74, 6) is -0.328. The fourth-order valence-corrected chi connectivity index (χ4v) is 5.16. The van der Waals surface area contributed by atoms with Gasteiger partial charge >= 0.3 is 0 Å². The molecule has 1 atom stereocenters. The molecule has 31 heavy (non-hydrogen) atoms. The van der Waals surface area contributed by atoms with Gasteiger partial charge in [0, 0.05) is 13.1 Å². The van der Waals surface area contributed by atoms with Gasteiger partial charge in [-0.15, -0.1) is 0 Å². The first-order valence-corrected chi connectivity index (χ1v) is 12.8. The van der Waals surface area contributed by atoms with Gasteiger partial charge in [0.05, 0.1) is 11.9 Å². The minimum atomic E-state index is -3.61. The highest BCUT2D eigenvalue weighted by Crippen LogP contribution is 2.22. The molecule has 1 saturated heterocycles. The highest BCUT2D eigenvalue weighted by molar-refractivity contribution is 7.92. The Morgan fingerprint density at radius 3 is 2.10 bits per heavy atom. The van der Waals surface area contributed by atoms with E-state index in [1.165, 1.54) is 22.7 Å². The van der Waals surface area contributed by atoms with Crippen LogP contribution < -0.4 is 9.62 Å². The molecule has 1 aliphatic rings. The summed E-state index contributed by atoms with van der Waals surface area (Å²) in [6.07, 6.45) is 4.54. The minimum Gasteiger partial charge on any atom is -0.350 e. The van der Waals surface area contributed by atoms with Gasteiger partial charge in [-0.3, -0.25) is 14.0 Å². The van der Waals surface area contributed by atoms with Gasteiger partial charge < -0.3 is 5.32 Å². The fraction of sp³-hybridized carbons (Fsp3) is 0.458. The van der Waals surface area contributed by atoms with Gasteiger partial charge in [-0.2, -0.15) is 0 Å². The molecule has 0 aromatic heterocycles. The van der Waals surface area contributed by atoms with Gasteiger partial charge in [0.25, 0.3) is 0 Å². The van der Waals surface area contributed by atoms with Gasteiger partial charge in [-0.05, 0) is 68.1 Å². The third-order valence-electron chi connectivity index (χ3n) is 5.78. The quantitative estimate of drug-likeness (QED) is 0.646. The number of anilines is 1. The average Bonchev–Trinajstić information content (AvgIpc) is 3.25. The summed E-state index contributed by atoms with van der Waals surface area (Å²) < 4.78 is 26.0. The van der Waals surface area contributed by atoms with Crippen LogP contribution in [-0.4, -0.2) is 44.6 Å². The van der Waals surface area contributed by atoms with Gasteiger partial charge in [-0.1, -0.05) is 43.3 Å². The minimum absolute atomic E-state index is 0.328. The van der Waals surface area contributed by atoms with E-state index in [0.717, 1.165) is 43.4 Å². The molecule has 0 unspecified atom stereocenters. The van der Waals surface area contributed by atoms with Crippen LogP contribution in [0.1, 0.15) is 43.4 Å². The van der Waals surface area contributed by atoms with E-state index in [-0.39, 0.29) is 5.91 Å². The second kappa shape index (κ2) is 10.3. The van der Waals surface area contributed by atoms with E-state index in [0.29, 0.717) is 12.2 Å². The number of amides is 1. The number of aryl methyl sites for hydroxylation is 1. The lowest BCUT2D eigenvalue weighted by Gasteiger charge is -2.28. The zero-order valence-corrected chi connectivity index (χ0v) is 19.5. The van der Waals surface area contributed by atoms with Gasteiger partial charge in [-0.25, -0.2) is 8.42 Å². The van der Waals surface area contributed by atoms with Crippen molar-refractivity contribution in [2.45, 2.75) is 52.2 Å². The zero-order valence-electron chi connectivity index (χ0n) is 18.7. The molecule has 0 aliphatic carbocycles. The van der Waals surface area contributed by atoms with Crippen molar-refractivity contribution in [2.75, 3.05) is 23.7 Å². The van der Waals surface area contributed by atoms with E-state index >= 15 is 0 Å². The smallest absolute Gasteiger partial charge is 0.243 e. The van der Waals surface area contributed by atoms with Crippen LogP contribution in [0.2, 0.25) is 0 Å². The van der Waals surface area contributed by atoms with Crippen LogP contribution in [0.25, 0.3) is 0 Å². The van der Waals surface area contributed by atoms with Crippen LogP contribution >= 0.6 is 0 Å². The Hall–Kier alpha value is -2.38. The number of benzene rings is 2. The molecule has 1 heterocycles. The summed E-state index contributed by atoms with van der Waals surface area (Å²) in [6.45, 7) is 7.30.